The van der Waals surface area contributed by atoms with Crippen LogP contribution in [-0.4, -0.2) is 26.8 Å². The van der Waals surface area contributed by atoms with Gasteiger partial charge in [0, 0.05) is 6.04 Å². The lowest BCUT2D eigenvalue weighted by Crippen LogP contribution is -2.30. The van der Waals surface area contributed by atoms with Gasteiger partial charge in [-0.3, -0.25) is 4.79 Å². The monoisotopic (exact) mass is 469 g/mol. The average Bonchev–Trinajstić information content (AvgIpc) is 3.53. The van der Waals surface area contributed by atoms with E-state index in [-0.39, 0.29) is 24.4 Å². The van der Waals surface area contributed by atoms with E-state index in [4.69, 9.17) is 10.6 Å². The molecule has 0 radical (unpaired) electrons. The number of thioether (sulfide) groups is 1. The molecule has 1 aromatic heterocycles. The highest BCUT2D eigenvalue weighted by molar-refractivity contribution is 8.00. The number of nitrogens with zero attached hydrogens (tertiary/aromatic N) is 3. The maximum Gasteiger partial charge on any atom is 0.238 e. The molecule has 7 nitrogen and oxygen atoms in total. The molecule has 3 aromatic rings. The summed E-state index contributed by atoms with van der Waals surface area (Å²) in [5.74, 6) is 7.28. The fourth-order valence-electron chi connectivity index (χ4n) is 3.39. The second-order valence-electron chi connectivity index (χ2n) is 8.59. The maximum atomic E-state index is 13.4. The van der Waals surface area contributed by atoms with E-state index in [1.54, 1.807) is 12.1 Å². The second kappa shape index (κ2) is 9.82. The van der Waals surface area contributed by atoms with Crippen LogP contribution in [0.5, 0.6) is 5.75 Å². The number of amides is 1. The third-order valence-corrected chi connectivity index (χ3v) is 6.65. The summed E-state index contributed by atoms with van der Waals surface area (Å²) in [5, 5.41) is 11.1. The molecule has 0 spiro atoms. The van der Waals surface area contributed by atoms with Gasteiger partial charge < -0.3 is 15.9 Å². The SMILES string of the molecule is Cc1ccc(C(C)C)c(OCc2nnc(SC(C(=O)NC3CC3)c3ccc(F)cc3)n2N)c1. The Morgan fingerprint density at radius 2 is 1.97 bits per heavy atom. The van der Waals surface area contributed by atoms with Gasteiger partial charge in [0.2, 0.25) is 11.1 Å². The molecule has 2 aromatic carbocycles. The van der Waals surface area contributed by atoms with Crippen LogP contribution in [0.15, 0.2) is 47.6 Å². The van der Waals surface area contributed by atoms with E-state index >= 15 is 0 Å². The number of carbonyl (C=O) groups is 1. The zero-order chi connectivity index (χ0) is 23.5. The highest BCUT2D eigenvalue weighted by atomic mass is 32.2. The standard InChI is InChI=1S/C24H28FN5O2S/c1-14(2)19-11-4-15(3)12-20(19)32-13-21-28-29-24(30(21)26)33-22(23(31)27-18-9-10-18)16-5-7-17(25)8-6-16/h4-8,11-12,14,18,22H,9-10,13,26H2,1-3H3,(H,27,31). The van der Waals surface area contributed by atoms with E-state index in [1.807, 2.05) is 13.0 Å². The fraction of sp³-hybridized carbons (Fsp3) is 0.375. The van der Waals surface area contributed by atoms with Crippen LogP contribution in [0.4, 0.5) is 4.39 Å². The lowest BCUT2D eigenvalue weighted by atomic mass is 10.0. The molecule has 1 atom stereocenters. The van der Waals surface area contributed by atoms with Crippen molar-refractivity contribution in [3.63, 3.8) is 0 Å². The number of nitrogens with one attached hydrogen (secondary N) is 1. The molecule has 1 aliphatic carbocycles. The smallest absolute Gasteiger partial charge is 0.238 e. The highest BCUT2D eigenvalue weighted by Crippen LogP contribution is 2.35. The summed E-state index contributed by atoms with van der Waals surface area (Å²) in [4.78, 5) is 12.9. The van der Waals surface area contributed by atoms with Crippen LogP contribution < -0.4 is 15.9 Å². The minimum atomic E-state index is -0.629. The molecule has 0 bridgehead atoms. The number of rotatable bonds is 9. The van der Waals surface area contributed by atoms with Crippen molar-refractivity contribution in [1.29, 1.82) is 0 Å². The van der Waals surface area contributed by atoms with Gasteiger partial charge in [-0.2, -0.15) is 0 Å². The summed E-state index contributed by atoms with van der Waals surface area (Å²) in [7, 11) is 0. The minimum absolute atomic E-state index is 0.142. The van der Waals surface area contributed by atoms with Crippen molar-refractivity contribution < 1.29 is 13.9 Å². The molecule has 33 heavy (non-hydrogen) atoms. The number of carbonyl (C=O) groups excluding carboxylic acids is 1. The molecule has 3 N–H and O–H groups in total. The number of nitrogen functional groups attached to an aromatic ring is 1. The fourth-order valence-corrected chi connectivity index (χ4v) is 4.38. The van der Waals surface area contributed by atoms with Gasteiger partial charge in [0.15, 0.2) is 5.82 Å². The maximum absolute atomic E-state index is 13.4. The first kappa shape index (κ1) is 23.1. The van der Waals surface area contributed by atoms with E-state index in [1.165, 1.54) is 28.6 Å². The Labute approximate surface area is 196 Å². The first-order valence-electron chi connectivity index (χ1n) is 11.0. The highest BCUT2D eigenvalue weighted by Gasteiger charge is 2.30. The lowest BCUT2D eigenvalue weighted by molar-refractivity contribution is -0.120. The topological polar surface area (TPSA) is 95.1 Å². The number of aromatic nitrogens is 3. The molecule has 0 aliphatic heterocycles. The largest absolute Gasteiger partial charge is 0.485 e. The summed E-state index contributed by atoms with van der Waals surface area (Å²) < 4.78 is 20.8. The summed E-state index contributed by atoms with van der Waals surface area (Å²) >= 11 is 1.18. The third kappa shape index (κ3) is 5.65. The molecule has 1 heterocycles. The molecule has 1 aliphatic rings. The summed E-state index contributed by atoms with van der Waals surface area (Å²) in [6, 6.07) is 12.2. The molecule has 1 amide bonds. The van der Waals surface area contributed by atoms with Crippen molar-refractivity contribution in [2.24, 2.45) is 0 Å². The van der Waals surface area contributed by atoms with Crippen LogP contribution in [0.25, 0.3) is 0 Å². The Kier molecular flexibility index (Phi) is 6.88. The number of benzene rings is 2. The lowest BCUT2D eigenvalue weighted by Gasteiger charge is -2.16. The number of aryl methyl sites for hydroxylation is 1. The molecule has 174 valence electrons. The predicted octanol–water partition coefficient (Wildman–Crippen LogP) is 4.25. The van der Waals surface area contributed by atoms with E-state index in [0.29, 0.717) is 22.5 Å². The van der Waals surface area contributed by atoms with Gasteiger partial charge in [-0.05, 0) is 60.6 Å². The Morgan fingerprint density at radius 3 is 2.64 bits per heavy atom. The molecule has 1 saturated carbocycles. The molecule has 1 unspecified atom stereocenters. The second-order valence-corrected chi connectivity index (χ2v) is 9.66. The normalized spacial score (nSPS) is 14.3. The molecule has 1 fully saturated rings. The Morgan fingerprint density at radius 1 is 1.24 bits per heavy atom. The molecular weight excluding hydrogens is 441 g/mol. The zero-order valence-corrected chi connectivity index (χ0v) is 19.7. The van der Waals surface area contributed by atoms with Gasteiger partial charge in [-0.1, -0.05) is 49.9 Å². The van der Waals surface area contributed by atoms with Crippen molar-refractivity contribution >= 4 is 17.7 Å². The first-order chi connectivity index (χ1) is 15.8. The summed E-state index contributed by atoms with van der Waals surface area (Å²) in [5.41, 5.74) is 2.87. The van der Waals surface area contributed by atoms with Crippen LogP contribution >= 0.6 is 11.8 Å². The van der Waals surface area contributed by atoms with Crippen molar-refractivity contribution in [3.8, 4) is 5.75 Å². The molecule has 4 rings (SSSR count). The number of ether oxygens (including phenoxy) is 1. The summed E-state index contributed by atoms with van der Waals surface area (Å²) in [6.45, 7) is 6.38. The quantitative estimate of drug-likeness (QED) is 0.359. The van der Waals surface area contributed by atoms with E-state index in [0.717, 1.165) is 29.7 Å². The predicted molar refractivity (Wildman–Crippen MR) is 126 cm³/mol. The number of nitrogens with two attached hydrogens (primary N) is 1. The van der Waals surface area contributed by atoms with Crippen LogP contribution in [0, 0.1) is 12.7 Å². The number of hydrogen-bond acceptors (Lipinski definition) is 6. The Bertz CT molecular complexity index is 1130. The number of hydrogen-bond donors (Lipinski definition) is 2. The van der Waals surface area contributed by atoms with E-state index in [9.17, 15) is 9.18 Å². The van der Waals surface area contributed by atoms with Gasteiger partial charge >= 0.3 is 0 Å². The van der Waals surface area contributed by atoms with Crippen LogP contribution in [-0.2, 0) is 11.4 Å². The van der Waals surface area contributed by atoms with Crippen LogP contribution in [0.2, 0.25) is 0 Å². The third-order valence-electron chi connectivity index (χ3n) is 5.44. The van der Waals surface area contributed by atoms with Gasteiger partial charge in [0.1, 0.15) is 23.4 Å². The van der Waals surface area contributed by atoms with Crippen molar-refractivity contribution in [3.05, 3.63) is 70.8 Å². The van der Waals surface area contributed by atoms with Gasteiger partial charge in [-0.15, -0.1) is 10.2 Å². The van der Waals surface area contributed by atoms with Crippen molar-refractivity contribution in [2.45, 2.75) is 62.6 Å². The summed E-state index contributed by atoms with van der Waals surface area (Å²) in [6.07, 6.45) is 1.94. The first-order valence-corrected chi connectivity index (χ1v) is 11.8. The Hall–Kier alpha value is -3.07. The van der Waals surface area contributed by atoms with Gasteiger partial charge in [0.05, 0.1) is 0 Å². The zero-order valence-electron chi connectivity index (χ0n) is 18.9. The number of halogens is 1. The van der Waals surface area contributed by atoms with E-state index < -0.39 is 5.25 Å². The molecule has 9 heteroatoms. The van der Waals surface area contributed by atoms with Crippen LogP contribution in [0.1, 0.15) is 60.4 Å². The van der Waals surface area contributed by atoms with Crippen molar-refractivity contribution in [2.75, 3.05) is 5.84 Å². The Balaban J connectivity index is 1.51. The molecular formula is C24H28FN5O2S. The van der Waals surface area contributed by atoms with E-state index in [2.05, 4.69) is 41.5 Å². The van der Waals surface area contributed by atoms with Crippen LogP contribution in [0.3, 0.4) is 0 Å². The molecule has 0 saturated heterocycles. The van der Waals surface area contributed by atoms with Gasteiger partial charge in [0.25, 0.3) is 0 Å². The minimum Gasteiger partial charge on any atom is -0.485 e. The van der Waals surface area contributed by atoms with Gasteiger partial charge in [-0.25, -0.2) is 9.07 Å². The van der Waals surface area contributed by atoms with Crippen molar-refractivity contribution in [1.82, 2.24) is 20.2 Å². The average molecular weight is 470 g/mol.